The SMILES string of the molecule is CC(C)C(NC(=O)c1ccc(Br)cc1)C(=O)NNC(=O)c1ccccc1. The molecule has 0 saturated carbocycles. The van der Waals surface area contributed by atoms with Gasteiger partial charge < -0.3 is 5.32 Å². The Morgan fingerprint density at radius 3 is 1.96 bits per heavy atom. The van der Waals surface area contributed by atoms with E-state index in [9.17, 15) is 14.4 Å². The Balaban J connectivity index is 1.97. The van der Waals surface area contributed by atoms with Gasteiger partial charge in [-0.05, 0) is 42.3 Å². The summed E-state index contributed by atoms with van der Waals surface area (Å²) in [6, 6.07) is 14.5. The largest absolute Gasteiger partial charge is 0.340 e. The zero-order chi connectivity index (χ0) is 19.1. The fourth-order valence-electron chi connectivity index (χ4n) is 2.22. The number of nitrogens with one attached hydrogen (secondary N) is 3. The first kappa shape index (κ1) is 19.7. The number of rotatable bonds is 5. The van der Waals surface area contributed by atoms with E-state index in [0.717, 1.165) is 4.47 Å². The minimum atomic E-state index is -0.790. The van der Waals surface area contributed by atoms with Crippen LogP contribution in [0.5, 0.6) is 0 Å². The van der Waals surface area contributed by atoms with Gasteiger partial charge in [0, 0.05) is 15.6 Å². The highest BCUT2D eigenvalue weighted by Gasteiger charge is 2.25. The molecule has 0 aliphatic carbocycles. The summed E-state index contributed by atoms with van der Waals surface area (Å²) >= 11 is 3.31. The molecule has 3 N–H and O–H groups in total. The first-order chi connectivity index (χ1) is 12.4. The number of benzene rings is 2. The lowest BCUT2D eigenvalue weighted by Gasteiger charge is -2.22. The number of halogens is 1. The van der Waals surface area contributed by atoms with Gasteiger partial charge in [0.15, 0.2) is 0 Å². The van der Waals surface area contributed by atoms with Crippen LogP contribution < -0.4 is 16.2 Å². The molecule has 136 valence electrons. The Kier molecular flexibility index (Phi) is 6.91. The van der Waals surface area contributed by atoms with Crippen LogP contribution in [0.15, 0.2) is 59.1 Å². The third kappa shape index (κ3) is 5.42. The van der Waals surface area contributed by atoms with Crippen molar-refractivity contribution in [2.24, 2.45) is 5.92 Å². The van der Waals surface area contributed by atoms with Crippen LogP contribution in [-0.2, 0) is 4.79 Å². The third-order valence-corrected chi connectivity index (χ3v) is 4.21. The molecule has 3 amide bonds. The van der Waals surface area contributed by atoms with E-state index in [1.54, 1.807) is 54.6 Å². The molecule has 0 heterocycles. The molecule has 2 aromatic carbocycles. The summed E-state index contributed by atoms with van der Waals surface area (Å²) in [7, 11) is 0. The predicted molar refractivity (Wildman–Crippen MR) is 102 cm³/mol. The van der Waals surface area contributed by atoms with Gasteiger partial charge in [-0.15, -0.1) is 0 Å². The second-order valence-electron chi connectivity index (χ2n) is 6.01. The van der Waals surface area contributed by atoms with Crippen molar-refractivity contribution in [3.63, 3.8) is 0 Å². The summed E-state index contributed by atoms with van der Waals surface area (Å²) in [6.07, 6.45) is 0. The Hall–Kier alpha value is -2.67. The van der Waals surface area contributed by atoms with E-state index >= 15 is 0 Å². The summed E-state index contributed by atoms with van der Waals surface area (Å²) in [4.78, 5) is 36.7. The Morgan fingerprint density at radius 1 is 0.808 bits per heavy atom. The van der Waals surface area contributed by atoms with Crippen molar-refractivity contribution < 1.29 is 14.4 Å². The van der Waals surface area contributed by atoms with Gasteiger partial charge in [-0.1, -0.05) is 48.0 Å². The molecule has 0 bridgehead atoms. The van der Waals surface area contributed by atoms with Crippen molar-refractivity contribution in [3.8, 4) is 0 Å². The summed E-state index contributed by atoms with van der Waals surface area (Å²) in [5, 5.41) is 2.70. The zero-order valence-corrected chi connectivity index (χ0v) is 16.0. The van der Waals surface area contributed by atoms with E-state index in [2.05, 4.69) is 32.1 Å². The van der Waals surface area contributed by atoms with Crippen molar-refractivity contribution >= 4 is 33.7 Å². The van der Waals surface area contributed by atoms with E-state index in [1.807, 2.05) is 13.8 Å². The average molecular weight is 418 g/mol. The maximum atomic E-state index is 12.4. The van der Waals surface area contributed by atoms with Crippen molar-refractivity contribution in [2.45, 2.75) is 19.9 Å². The molecule has 0 aliphatic rings. The highest BCUT2D eigenvalue weighted by atomic mass is 79.9. The van der Waals surface area contributed by atoms with Crippen LogP contribution in [0.1, 0.15) is 34.6 Å². The summed E-state index contributed by atoms with van der Waals surface area (Å²) in [5.74, 6) is -1.45. The number of carbonyl (C=O) groups is 3. The Morgan fingerprint density at radius 2 is 1.38 bits per heavy atom. The van der Waals surface area contributed by atoms with Gasteiger partial charge in [0.1, 0.15) is 6.04 Å². The lowest BCUT2D eigenvalue weighted by Crippen LogP contribution is -2.54. The number of hydrogen-bond acceptors (Lipinski definition) is 3. The molecule has 1 atom stereocenters. The topological polar surface area (TPSA) is 87.3 Å². The molecule has 0 spiro atoms. The Labute approximate surface area is 160 Å². The lowest BCUT2D eigenvalue weighted by molar-refractivity contribution is -0.124. The van der Waals surface area contributed by atoms with Gasteiger partial charge >= 0.3 is 0 Å². The summed E-state index contributed by atoms with van der Waals surface area (Å²) < 4.78 is 0.857. The molecule has 2 rings (SSSR count). The van der Waals surface area contributed by atoms with Gasteiger partial charge in [-0.3, -0.25) is 25.2 Å². The highest BCUT2D eigenvalue weighted by molar-refractivity contribution is 9.10. The molecule has 1 unspecified atom stereocenters. The standard InChI is InChI=1S/C19H20BrN3O3/c1-12(2)16(21-17(24)14-8-10-15(20)11-9-14)19(26)23-22-18(25)13-6-4-3-5-7-13/h3-12,16H,1-2H3,(H,21,24)(H,22,25)(H,23,26). The minimum Gasteiger partial charge on any atom is -0.340 e. The summed E-state index contributed by atoms with van der Waals surface area (Å²) in [5.41, 5.74) is 5.59. The monoisotopic (exact) mass is 417 g/mol. The van der Waals surface area contributed by atoms with Gasteiger partial charge in [0.2, 0.25) is 0 Å². The van der Waals surface area contributed by atoms with Crippen molar-refractivity contribution in [3.05, 3.63) is 70.2 Å². The minimum absolute atomic E-state index is 0.164. The van der Waals surface area contributed by atoms with E-state index in [0.29, 0.717) is 11.1 Å². The molecule has 7 heteroatoms. The van der Waals surface area contributed by atoms with Crippen LogP contribution in [-0.4, -0.2) is 23.8 Å². The number of hydrogen-bond donors (Lipinski definition) is 3. The fraction of sp³-hybridized carbons (Fsp3) is 0.211. The molecule has 0 saturated heterocycles. The summed E-state index contributed by atoms with van der Waals surface area (Å²) in [6.45, 7) is 3.62. The van der Waals surface area contributed by atoms with Crippen LogP contribution in [0.3, 0.4) is 0 Å². The van der Waals surface area contributed by atoms with E-state index < -0.39 is 17.9 Å². The second kappa shape index (κ2) is 9.15. The van der Waals surface area contributed by atoms with Crippen molar-refractivity contribution in [1.29, 1.82) is 0 Å². The van der Waals surface area contributed by atoms with Crippen LogP contribution >= 0.6 is 15.9 Å². The van der Waals surface area contributed by atoms with Crippen molar-refractivity contribution in [2.75, 3.05) is 0 Å². The highest BCUT2D eigenvalue weighted by Crippen LogP contribution is 2.11. The number of hydrazine groups is 1. The third-order valence-electron chi connectivity index (χ3n) is 3.68. The lowest BCUT2D eigenvalue weighted by atomic mass is 10.0. The zero-order valence-electron chi connectivity index (χ0n) is 14.5. The van der Waals surface area contributed by atoms with Crippen LogP contribution in [0.4, 0.5) is 0 Å². The molecule has 0 fully saturated rings. The van der Waals surface area contributed by atoms with E-state index in [1.165, 1.54) is 0 Å². The van der Waals surface area contributed by atoms with Crippen LogP contribution in [0, 0.1) is 5.92 Å². The predicted octanol–water partition coefficient (Wildman–Crippen LogP) is 2.66. The average Bonchev–Trinajstić information content (AvgIpc) is 2.64. The van der Waals surface area contributed by atoms with Gasteiger partial charge in [-0.2, -0.15) is 0 Å². The molecular formula is C19H20BrN3O3. The maximum absolute atomic E-state index is 12.4. The van der Waals surface area contributed by atoms with Gasteiger partial charge in [-0.25, -0.2) is 0 Å². The van der Waals surface area contributed by atoms with Gasteiger partial charge in [0.25, 0.3) is 17.7 Å². The van der Waals surface area contributed by atoms with Gasteiger partial charge in [0.05, 0.1) is 0 Å². The smallest absolute Gasteiger partial charge is 0.269 e. The molecule has 2 aromatic rings. The number of carbonyl (C=O) groups excluding carboxylic acids is 3. The first-order valence-electron chi connectivity index (χ1n) is 8.10. The Bertz CT molecular complexity index is 776. The molecule has 0 aromatic heterocycles. The fourth-order valence-corrected chi connectivity index (χ4v) is 2.48. The molecule has 6 nitrogen and oxygen atoms in total. The second-order valence-corrected chi connectivity index (χ2v) is 6.93. The molecule has 26 heavy (non-hydrogen) atoms. The maximum Gasteiger partial charge on any atom is 0.269 e. The number of amides is 3. The van der Waals surface area contributed by atoms with Crippen LogP contribution in [0.25, 0.3) is 0 Å². The first-order valence-corrected chi connectivity index (χ1v) is 8.89. The van der Waals surface area contributed by atoms with E-state index in [-0.39, 0.29) is 11.8 Å². The van der Waals surface area contributed by atoms with Crippen LogP contribution in [0.2, 0.25) is 0 Å². The van der Waals surface area contributed by atoms with E-state index in [4.69, 9.17) is 0 Å². The molecule has 0 radical (unpaired) electrons. The normalized spacial score (nSPS) is 11.5. The molecular weight excluding hydrogens is 398 g/mol. The van der Waals surface area contributed by atoms with Crippen molar-refractivity contribution in [1.82, 2.24) is 16.2 Å². The quantitative estimate of drug-likeness (QED) is 0.653. The molecule has 0 aliphatic heterocycles.